The molecule has 2 aromatic rings. The van der Waals surface area contributed by atoms with Crippen LogP contribution in [0.25, 0.3) is 4.96 Å². The lowest BCUT2D eigenvalue weighted by molar-refractivity contribution is 0.188. The average molecular weight is 254 g/mol. The monoisotopic (exact) mass is 254 g/mol. The van der Waals surface area contributed by atoms with Crippen LogP contribution < -0.4 is 11.3 Å². The molecule has 0 radical (unpaired) electrons. The van der Waals surface area contributed by atoms with Crippen molar-refractivity contribution in [2.45, 2.75) is 25.3 Å². The zero-order valence-electron chi connectivity index (χ0n) is 9.93. The summed E-state index contributed by atoms with van der Waals surface area (Å²) in [6.07, 6.45) is 6.94. The van der Waals surface area contributed by atoms with Gasteiger partial charge in [-0.2, -0.15) is 0 Å². The predicted molar refractivity (Wildman–Crippen MR) is 69.0 cm³/mol. The maximum atomic E-state index is 5.55. The summed E-state index contributed by atoms with van der Waals surface area (Å²) in [6.45, 7) is 0.774. The number of nitrogens with zero attached hydrogens (tertiary/aromatic N) is 2. The lowest BCUT2D eigenvalue weighted by Crippen LogP contribution is -2.37. The summed E-state index contributed by atoms with van der Waals surface area (Å²) >= 11 is 1.64. The van der Waals surface area contributed by atoms with Crippen molar-refractivity contribution >= 4 is 16.3 Å². The maximum Gasteiger partial charge on any atom is 0.193 e. The minimum absolute atomic E-state index is 0.259. The van der Waals surface area contributed by atoms with Crippen molar-refractivity contribution < 1.29 is 4.74 Å². The molecule has 1 unspecified atom stereocenters. The van der Waals surface area contributed by atoms with Gasteiger partial charge in [0, 0.05) is 44.0 Å². The van der Waals surface area contributed by atoms with Crippen LogP contribution in [-0.2, 0) is 11.2 Å². The second-order valence-electron chi connectivity index (χ2n) is 4.03. The number of fused-ring (bicyclic) bond motifs is 1. The third kappa shape index (κ3) is 3.26. The van der Waals surface area contributed by atoms with E-state index in [1.165, 1.54) is 0 Å². The van der Waals surface area contributed by atoms with Crippen LogP contribution in [0.2, 0.25) is 0 Å². The van der Waals surface area contributed by atoms with E-state index in [0.717, 1.165) is 36.5 Å². The first-order valence-electron chi connectivity index (χ1n) is 5.69. The van der Waals surface area contributed by atoms with E-state index in [0.29, 0.717) is 0 Å². The quantitative estimate of drug-likeness (QED) is 0.443. The van der Waals surface area contributed by atoms with Gasteiger partial charge < -0.3 is 4.74 Å². The van der Waals surface area contributed by atoms with Gasteiger partial charge in [0.15, 0.2) is 4.96 Å². The van der Waals surface area contributed by atoms with E-state index >= 15 is 0 Å². The lowest BCUT2D eigenvalue weighted by Gasteiger charge is -2.13. The summed E-state index contributed by atoms with van der Waals surface area (Å²) in [5, 5.41) is 2.03. The highest BCUT2D eigenvalue weighted by atomic mass is 32.1. The van der Waals surface area contributed by atoms with Crippen molar-refractivity contribution in [3.05, 3.63) is 23.5 Å². The number of hydrogen-bond donors (Lipinski definition) is 2. The lowest BCUT2D eigenvalue weighted by atomic mass is 10.1. The molecule has 0 aliphatic rings. The normalized spacial score (nSPS) is 13.3. The number of aromatic nitrogens is 2. The minimum atomic E-state index is 0.259. The molecule has 3 N–H and O–H groups in total. The van der Waals surface area contributed by atoms with Crippen LogP contribution in [0, 0.1) is 0 Å². The zero-order chi connectivity index (χ0) is 12.1. The molecular formula is C11H18N4OS. The Morgan fingerprint density at radius 2 is 2.53 bits per heavy atom. The summed E-state index contributed by atoms with van der Waals surface area (Å²) in [6, 6.07) is 0.259. The molecule has 2 aromatic heterocycles. The SMILES string of the molecule is COCCCC(Cc1cn2ccsc2n1)NN. The molecule has 0 saturated heterocycles. The number of hydrazine groups is 1. The van der Waals surface area contributed by atoms with Crippen molar-refractivity contribution in [1.82, 2.24) is 14.8 Å². The van der Waals surface area contributed by atoms with Crippen molar-refractivity contribution in [3.8, 4) is 0 Å². The van der Waals surface area contributed by atoms with Crippen molar-refractivity contribution in [2.75, 3.05) is 13.7 Å². The molecule has 2 heterocycles. The van der Waals surface area contributed by atoms with E-state index in [1.54, 1.807) is 18.4 Å². The summed E-state index contributed by atoms with van der Waals surface area (Å²) in [5.41, 5.74) is 3.93. The van der Waals surface area contributed by atoms with Gasteiger partial charge in [0.2, 0.25) is 0 Å². The third-order valence-corrected chi connectivity index (χ3v) is 3.51. The van der Waals surface area contributed by atoms with Gasteiger partial charge in [-0.3, -0.25) is 15.7 Å². The fourth-order valence-electron chi connectivity index (χ4n) is 1.85. The predicted octanol–water partition coefficient (Wildman–Crippen LogP) is 1.20. The molecule has 2 rings (SSSR count). The second kappa shape index (κ2) is 6.11. The van der Waals surface area contributed by atoms with Gasteiger partial charge >= 0.3 is 0 Å². The second-order valence-corrected chi connectivity index (χ2v) is 4.90. The van der Waals surface area contributed by atoms with Crippen molar-refractivity contribution in [3.63, 3.8) is 0 Å². The molecule has 5 nitrogen and oxygen atoms in total. The van der Waals surface area contributed by atoms with Crippen LogP contribution in [0.5, 0.6) is 0 Å². The van der Waals surface area contributed by atoms with Gasteiger partial charge in [-0.1, -0.05) is 0 Å². The number of nitrogens with two attached hydrogens (primary N) is 1. The van der Waals surface area contributed by atoms with E-state index in [4.69, 9.17) is 10.6 Å². The highest BCUT2D eigenvalue weighted by Gasteiger charge is 2.10. The van der Waals surface area contributed by atoms with Gasteiger partial charge in [-0.15, -0.1) is 11.3 Å². The highest BCUT2D eigenvalue weighted by molar-refractivity contribution is 7.15. The Morgan fingerprint density at radius 3 is 3.24 bits per heavy atom. The third-order valence-electron chi connectivity index (χ3n) is 2.74. The number of imidazole rings is 1. The summed E-state index contributed by atoms with van der Waals surface area (Å²) in [4.78, 5) is 5.58. The smallest absolute Gasteiger partial charge is 0.193 e. The van der Waals surface area contributed by atoms with Gasteiger partial charge in [0.05, 0.1) is 5.69 Å². The number of thiazole rings is 1. The Kier molecular flexibility index (Phi) is 4.49. The molecule has 0 aliphatic carbocycles. The molecule has 0 bridgehead atoms. The van der Waals surface area contributed by atoms with E-state index in [-0.39, 0.29) is 6.04 Å². The first-order chi connectivity index (χ1) is 8.33. The van der Waals surface area contributed by atoms with Crippen LogP contribution >= 0.6 is 11.3 Å². The van der Waals surface area contributed by atoms with Crippen LogP contribution in [0.15, 0.2) is 17.8 Å². The van der Waals surface area contributed by atoms with Gasteiger partial charge in [-0.05, 0) is 12.8 Å². The maximum absolute atomic E-state index is 5.55. The number of rotatable bonds is 7. The Hall–Kier alpha value is -0.950. The minimum Gasteiger partial charge on any atom is -0.385 e. The summed E-state index contributed by atoms with van der Waals surface area (Å²) in [7, 11) is 1.72. The van der Waals surface area contributed by atoms with Crippen LogP contribution in [0.1, 0.15) is 18.5 Å². The van der Waals surface area contributed by atoms with Gasteiger partial charge in [0.1, 0.15) is 0 Å². The van der Waals surface area contributed by atoms with Crippen molar-refractivity contribution in [2.24, 2.45) is 5.84 Å². The summed E-state index contributed by atoms with van der Waals surface area (Å²) < 4.78 is 7.08. The highest BCUT2D eigenvalue weighted by Crippen LogP contribution is 2.13. The van der Waals surface area contributed by atoms with Crippen molar-refractivity contribution in [1.29, 1.82) is 0 Å². The number of ether oxygens (including phenoxy) is 1. The molecule has 0 fully saturated rings. The molecule has 17 heavy (non-hydrogen) atoms. The van der Waals surface area contributed by atoms with E-state index in [9.17, 15) is 0 Å². The summed E-state index contributed by atoms with van der Waals surface area (Å²) in [5.74, 6) is 5.55. The van der Waals surface area contributed by atoms with E-state index in [1.807, 2.05) is 16.0 Å². The first-order valence-corrected chi connectivity index (χ1v) is 6.57. The zero-order valence-corrected chi connectivity index (χ0v) is 10.7. The molecule has 6 heteroatoms. The van der Waals surface area contributed by atoms with E-state index < -0.39 is 0 Å². The molecular weight excluding hydrogens is 236 g/mol. The molecule has 0 aromatic carbocycles. The molecule has 0 amide bonds. The fraction of sp³-hybridized carbons (Fsp3) is 0.545. The standard InChI is InChI=1S/C11H18N4OS/c1-16-5-2-3-9(14-12)7-10-8-15-4-6-17-11(15)13-10/h4,6,8-9,14H,2-3,5,7,12H2,1H3. The molecule has 0 saturated carbocycles. The Morgan fingerprint density at radius 1 is 1.65 bits per heavy atom. The first kappa shape index (κ1) is 12.5. The van der Waals surface area contributed by atoms with Crippen LogP contribution in [0.3, 0.4) is 0 Å². The number of nitrogens with one attached hydrogen (secondary N) is 1. The van der Waals surface area contributed by atoms with Gasteiger partial charge in [-0.25, -0.2) is 4.98 Å². The fourth-order valence-corrected chi connectivity index (χ4v) is 2.56. The van der Waals surface area contributed by atoms with E-state index in [2.05, 4.69) is 16.6 Å². The largest absolute Gasteiger partial charge is 0.385 e. The Labute approximate surface area is 105 Å². The Balaban J connectivity index is 1.91. The molecule has 0 aliphatic heterocycles. The average Bonchev–Trinajstić information content (AvgIpc) is 2.88. The molecule has 1 atom stereocenters. The number of methoxy groups -OCH3 is 1. The van der Waals surface area contributed by atoms with Crippen LogP contribution in [0.4, 0.5) is 0 Å². The Bertz CT molecular complexity index is 424. The molecule has 94 valence electrons. The van der Waals surface area contributed by atoms with Crippen LogP contribution in [-0.4, -0.2) is 29.1 Å². The van der Waals surface area contributed by atoms with Gasteiger partial charge in [0.25, 0.3) is 0 Å². The number of hydrogen-bond acceptors (Lipinski definition) is 5. The topological polar surface area (TPSA) is 64.6 Å². The molecule has 0 spiro atoms.